The number of nitrogens with one attached hydrogen (secondary N) is 1. The van der Waals surface area contributed by atoms with E-state index in [4.69, 9.17) is 5.73 Å². The Morgan fingerprint density at radius 1 is 1.32 bits per heavy atom. The predicted molar refractivity (Wildman–Crippen MR) is 77.4 cm³/mol. The van der Waals surface area contributed by atoms with Crippen LogP contribution >= 0.6 is 0 Å². The van der Waals surface area contributed by atoms with Gasteiger partial charge in [-0.25, -0.2) is 0 Å². The largest absolute Gasteiger partial charge is 0.350 e. The van der Waals surface area contributed by atoms with Crippen LogP contribution in [-0.4, -0.2) is 17.4 Å². The number of rotatable bonds is 7. The highest BCUT2D eigenvalue weighted by Crippen LogP contribution is 2.16. The fourth-order valence-electron chi connectivity index (χ4n) is 2.23. The average Bonchev–Trinajstić information content (AvgIpc) is 2.38. The van der Waals surface area contributed by atoms with Crippen LogP contribution in [0.15, 0.2) is 24.5 Å². The molecule has 0 aromatic carbocycles. The minimum Gasteiger partial charge on any atom is -0.350 e. The lowest BCUT2D eigenvalue weighted by molar-refractivity contribution is -0.122. The van der Waals surface area contributed by atoms with E-state index in [-0.39, 0.29) is 17.9 Å². The number of hydrogen-bond acceptors (Lipinski definition) is 3. The molecule has 0 bridgehead atoms. The van der Waals surface area contributed by atoms with Crippen molar-refractivity contribution < 1.29 is 4.79 Å². The van der Waals surface area contributed by atoms with E-state index in [0.29, 0.717) is 18.9 Å². The number of aromatic nitrogens is 1. The molecule has 0 fully saturated rings. The van der Waals surface area contributed by atoms with Gasteiger partial charge in [-0.15, -0.1) is 0 Å². The van der Waals surface area contributed by atoms with E-state index in [9.17, 15) is 4.79 Å². The Balaban J connectivity index is 2.46. The van der Waals surface area contributed by atoms with Crippen molar-refractivity contribution in [1.82, 2.24) is 10.3 Å². The van der Waals surface area contributed by atoms with Crippen LogP contribution < -0.4 is 11.1 Å². The van der Waals surface area contributed by atoms with Gasteiger partial charge in [0.15, 0.2) is 0 Å². The monoisotopic (exact) mass is 263 g/mol. The lowest BCUT2D eigenvalue weighted by Gasteiger charge is -2.19. The van der Waals surface area contributed by atoms with Gasteiger partial charge < -0.3 is 11.1 Å². The minimum atomic E-state index is 0.00738. The second-order valence-corrected chi connectivity index (χ2v) is 5.51. The van der Waals surface area contributed by atoms with E-state index >= 15 is 0 Å². The van der Waals surface area contributed by atoms with E-state index in [1.165, 1.54) is 0 Å². The van der Waals surface area contributed by atoms with Crippen LogP contribution in [0.1, 0.15) is 45.2 Å². The minimum absolute atomic E-state index is 0.00738. The first-order valence-electron chi connectivity index (χ1n) is 6.92. The summed E-state index contributed by atoms with van der Waals surface area (Å²) >= 11 is 0. The summed E-state index contributed by atoms with van der Waals surface area (Å²) in [5, 5.41) is 3.01. The van der Waals surface area contributed by atoms with Crippen LogP contribution in [0.3, 0.4) is 0 Å². The maximum Gasteiger partial charge on any atom is 0.220 e. The standard InChI is InChI=1S/C15H25N3O/c1-11(2)8-13(10-16)9-15(19)18-12(3)14-4-6-17-7-5-14/h4-7,11-13H,8-10,16H2,1-3H3,(H,18,19). The van der Waals surface area contributed by atoms with Crippen molar-refractivity contribution in [3.63, 3.8) is 0 Å². The smallest absolute Gasteiger partial charge is 0.220 e. The highest BCUT2D eigenvalue weighted by atomic mass is 16.1. The molecular weight excluding hydrogens is 238 g/mol. The number of pyridine rings is 1. The topological polar surface area (TPSA) is 68.0 Å². The molecule has 4 heteroatoms. The lowest BCUT2D eigenvalue weighted by atomic mass is 9.94. The Morgan fingerprint density at radius 3 is 2.47 bits per heavy atom. The first kappa shape index (κ1) is 15.6. The summed E-state index contributed by atoms with van der Waals surface area (Å²) in [5.41, 5.74) is 6.79. The maximum absolute atomic E-state index is 12.0. The molecule has 2 atom stereocenters. The molecule has 1 rings (SSSR count). The summed E-state index contributed by atoms with van der Waals surface area (Å²) in [6.45, 7) is 6.85. The van der Waals surface area contributed by atoms with Crippen LogP contribution in [0.5, 0.6) is 0 Å². The molecular formula is C15H25N3O. The average molecular weight is 263 g/mol. The van der Waals surface area contributed by atoms with Gasteiger partial charge in [0.2, 0.25) is 5.91 Å². The number of amides is 1. The molecule has 1 aromatic heterocycles. The van der Waals surface area contributed by atoms with Gasteiger partial charge in [0.05, 0.1) is 6.04 Å². The van der Waals surface area contributed by atoms with Crippen molar-refractivity contribution >= 4 is 5.91 Å². The summed E-state index contributed by atoms with van der Waals surface area (Å²) in [7, 11) is 0. The molecule has 1 amide bonds. The Hall–Kier alpha value is -1.42. The zero-order valence-electron chi connectivity index (χ0n) is 12.1. The van der Waals surface area contributed by atoms with Gasteiger partial charge in [-0.2, -0.15) is 0 Å². The molecule has 1 aromatic rings. The van der Waals surface area contributed by atoms with Crippen molar-refractivity contribution in [2.45, 2.75) is 39.7 Å². The van der Waals surface area contributed by atoms with Gasteiger partial charge in [0.1, 0.15) is 0 Å². The number of nitrogens with zero attached hydrogens (tertiary/aromatic N) is 1. The first-order valence-corrected chi connectivity index (χ1v) is 6.92. The molecule has 3 N–H and O–H groups in total. The third-order valence-corrected chi connectivity index (χ3v) is 3.20. The zero-order valence-corrected chi connectivity index (χ0v) is 12.1. The molecule has 0 radical (unpaired) electrons. The predicted octanol–water partition coefficient (Wildman–Crippen LogP) is 2.27. The fraction of sp³-hybridized carbons (Fsp3) is 0.600. The van der Waals surface area contributed by atoms with E-state index < -0.39 is 0 Å². The fourth-order valence-corrected chi connectivity index (χ4v) is 2.23. The van der Waals surface area contributed by atoms with Crippen LogP contribution in [0.4, 0.5) is 0 Å². The molecule has 2 unspecified atom stereocenters. The SMILES string of the molecule is CC(C)CC(CN)CC(=O)NC(C)c1ccncc1. The molecule has 0 spiro atoms. The zero-order chi connectivity index (χ0) is 14.3. The van der Waals surface area contributed by atoms with Crippen molar-refractivity contribution in [2.75, 3.05) is 6.54 Å². The summed E-state index contributed by atoms with van der Waals surface area (Å²) in [5.74, 6) is 0.907. The molecule has 0 aliphatic heterocycles. The Kier molecular flexibility index (Phi) is 6.50. The van der Waals surface area contributed by atoms with Gasteiger partial charge in [-0.3, -0.25) is 9.78 Å². The maximum atomic E-state index is 12.0. The van der Waals surface area contributed by atoms with Gasteiger partial charge in [-0.05, 0) is 49.4 Å². The lowest BCUT2D eigenvalue weighted by Crippen LogP contribution is -2.30. The van der Waals surface area contributed by atoms with Gasteiger partial charge in [0, 0.05) is 18.8 Å². The van der Waals surface area contributed by atoms with Crippen molar-refractivity contribution in [2.24, 2.45) is 17.6 Å². The van der Waals surface area contributed by atoms with Crippen molar-refractivity contribution in [3.05, 3.63) is 30.1 Å². The van der Waals surface area contributed by atoms with Crippen LogP contribution in [0.2, 0.25) is 0 Å². The molecule has 0 saturated heterocycles. The summed E-state index contributed by atoms with van der Waals surface area (Å²) in [6, 6.07) is 3.84. The van der Waals surface area contributed by atoms with Crippen molar-refractivity contribution in [1.29, 1.82) is 0 Å². The summed E-state index contributed by atoms with van der Waals surface area (Å²) < 4.78 is 0. The highest BCUT2D eigenvalue weighted by Gasteiger charge is 2.16. The molecule has 0 aliphatic carbocycles. The van der Waals surface area contributed by atoms with E-state index in [0.717, 1.165) is 12.0 Å². The Bertz CT molecular complexity index is 378. The Labute approximate surface area is 115 Å². The van der Waals surface area contributed by atoms with E-state index in [1.54, 1.807) is 12.4 Å². The third-order valence-electron chi connectivity index (χ3n) is 3.20. The quantitative estimate of drug-likeness (QED) is 0.793. The molecule has 1 heterocycles. The van der Waals surface area contributed by atoms with Crippen LogP contribution in [0, 0.1) is 11.8 Å². The molecule has 4 nitrogen and oxygen atoms in total. The van der Waals surface area contributed by atoms with Crippen molar-refractivity contribution in [3.8, 4) is 0 Å². The van der Waals surface area contributed by atoms with E-state index in [1.807, 2.05) is 19.1 Å². The number of carbonyl (C=O) groups excluding carboxylic acids is 1. The molecule has 0 saturated carbocycles. The molecule has 19 heavy (non-hydrogen) atoms. The van der Waals surface area contributed by atoms with Gasteiger partial charge in [-0.1, -0.05) is 13.8 Å². The number of nitrogens with two attached hydrogens (primary N) is 1. The Morgan fingerprint density at radius 2 is 1.95 bits per heavy atom. The second kappa shape index (κ2) is 7.89. The number of carbonyl (C=O) groups is 1. The van der Waals surface area contributed by atoms with E-state index in [2.05, 4.69) is 24.1 Å². The van der Waals surface area contributed by atoms with Crippen LogP contribution in [0.25, 0.3) is 0 Å². The van der Waals surface area contributed by atoms with Gasteiger partial charge >= 0.3 is 0 Å². The third kappa shape index (κ3) is 5.83. The number of hydrogen-bond donors (Lipinski definition) is 2. The summed E-state index contributed by atoms with van der Waals surface area (Å²) in [6.07, 6.45) is 4.97. The van der Waals surface area contributed by atoms with Gasteiger partial charge in [0.25, 0.3) is 0 Å². The van der Waals surface area contributed by atoms with Crippen LogP contribution in [-0.2, 0) is 4.79 Å². The summed E-state index contributed by atoms with van der Waals surface area (Å²) in [4.78, 5) is 16.0. The molecule has 0 aliphatic rings. The normalized spacial score (nSPS) is 14.2. The second-order valence-electron chi connectivity index (χ2n) is 5.51. The first-order chi connectivity index (χ1) is 9.02. The highest BCUT2D eigenvalue weighted by molar-refractivity contribution is 5.76. The molecule has 106 valence electrons.